The smallest absolute Gasteiger partial charge is 0.233 e. The minimum absolute atomic E-state index is 0.0791. The molecule has 0 aliphatic carbocycles. The van der Waals surface area contributed by atoms with E-state index in [-0.39, 0.29) is 12.3 Å². The molecule has 1 aliphatic rings. The molecule has 1 heterocycles. The lowest BCUT2D eigenvalue weighted by molar-refractivity contribution is -0.287. The van der Waals surface area contributed by atoms with E-state index < -0.39 is 0 Å². The lowest BCUT2D eigenvalue weighted by Crippen LogP contribution is -2.41. The summed E-state index contributed by atoms with van der Waals surface area (Å²) in [5.41, 5.74) is 0. The van der Waals surface area contributed by atoms with Crippen molar-refractivity contribution in [3.05, 3.63) is 0 Å². The second-order valence-electron chi connectivity index (χ2n) is 5.71. The third kappa shape index (κ3) is 4.94. The predicted octanol–water partition coefficient (Wildman–Crippen LogP) is 2.97. The van der Waals surface area contributed by atoms with Gasteiger partial charge in [0, 0.05) is 13.0 Å². The molecule has 1 aliphatic heterocycles. The summed E-state index contributed by atoms with van der Waals surface area (Å²) in [6, 6.07) is 0.0791. The van der Waals surface area contributed by atoms with Crippen LogP contribution in [0.3, 0.4) is 0 Å². The first-order valence-corrected chi connectivity index (χ1v) is 7.06. The predicted molar refractivity (Wildman–Crippen MR) is 70.7 cm³/mol. The highest BCUT2D eigenvalue weighted by Crippen LogP contribution is 2.21. The van der Waals surface area contributed by atoms with Gasteiger partial charge in [0.2, 0.25) is 6.41 Å². The molecule has 3 atom stereocenters. The van der Waals surface area contributed by atoms with E-state index in [0.717, 1.165) is 38.7 Å². The topological polar surface area (TPSA) is 38.8 Å². The fourth-order valence-corrected chi connectivity index (χ4v) is 2.34. The van der Waals surface area contributed by atoms with Gasteiger partial charge in [-0.15, -0.1) is 0 Å². The van der Waals surface area contributed by atoms with E-state index >= 15 is 0 Å². The SMILES string of the molecule is CC(C)C[C@@H](C)[C@H](C)N(C=O)OC1CCCCO1. The number of carbonyl (C=O) groups excluding carboxylic acids is 1. The fraction of sp³-hybridized carbons (Fsp3) is 0.929. The van der Waals surface area contributed by atoms with Gasteiger partial charge in [-0.1, -0.05) is 20.8 Å². The zero-order valence-electron chi connectivity index (χ0n) is 12.1. The molecule has 1 unspecified atom stereocenters. The minimum atomic E-state index is -0.252. The summed E-state index contributed by atoms with van der Waals surface area (Å²) in [5, 5.41) is 1.43. The van der Waals surface area contributed by atoms with Crippen LogP contribution in [0, 0.1) is 11.8 Å². The highest BCUT2D eigenvalue weighted by Gasteiger charge is 2.25. The second-order valence-corrected chi connectivity index (χ2v) is 5.71. The first-order valence-electron chi connectivity index (χ1n) is 7.06. The number of hydrogen-bond donors (Lipinski definition) is 0. The van der Waals surface area contributed by atoms with Crippen LogP contribution < -0.4 is 0 Å². The van der Waals surface area contributed by atoms with Crippen molar-refractivity contribution in [2.45, 2.75) is 65.7 Å². The monoisotopic (exact) mass is 257 g/mol. The van der Waals surface area contributed by atoms with Gasteiger partial charge in [0.05, 0.1) is 6.04 Å². The molecule has 106 valence electrons. The van der Waals surface area contributed by atoms with Gasteiger partial charge in [0.25, 0.3) is 0 Å². The van der Waals surface area contributed by atoms with Crippen molar-refractivity contribution in [2.75, 3.05) is 6.61 Å². The Balaban J connectivity index is 2.45. The van der Waals surface area contributed by atoms with Gasteiger partial charge in [0.15, 0.2) is 6.29 Å². The number of carbonyl (C=O) groups is 1. The number of hydrogen-bond acceptors (Lipinski definition) is 3. The molecule has 4 nitrogen and oxygen atoms in total. The quantitative estimate of drug-likeness (QED) is 0.520. The van der Waals surface area contributed by atoms with E-state index in [9.17, 15) is 4.79 Å². The maximum absolute atomic E-state index is 11.2. The summed E-state index contributed by atoms with van der Waals surface area (Å²) < 4.78 is 5.50. The Labute approximate surface area is 111 Å². The standard InChI is InChI=1S/C14H27NO3/c1-11(2)9-12(3)13(4)15(10-16)18-14-7-5-6-8-17-14/h10-14H,5-9H2,1-4H3/t12-,13+,14?/m1/s1. The van der Waals surface area contributed by atoms with Crippen molar-refractivity contribution in [2.24, 2.45) is 11.8 Å². The lowest BCUT2D eigenvalue weighted by atomic mass is 9.93. The number of rotatable bonds is 7. The molecular weight excluding hydrogens is 230 g/mol. The number of hydroxylamine groups is 2. The van der Waals surface area contributed by atoms with Crippen LogP contribution >= 0.6 is 0 Å². The fourth-order valence-electron chi connectivity index (χ4n) is 2.34. The first-order chi connectivity index (χ1) is 8.54. The van der Waals surface area contributed by atoms with Crippen molar-refractivity contribution in [3.63, 3.8) is 0 Å². The molecule has 0 N–H and O–H groups in total. The summed E-state index contributed by atoms with van der Waals surface area (Å²) in [6.07, 6.45) is 4.67. The Kier molecular flexibility index (Phi) is 6.65. The molecule has 0 saturated carbocycles. The zero-order chi connectivity index (χ0) is 13.5. The number of amides is 1. The molecule has 0 aromatic rings. The van der Waals surface area contributed by atoms with E-state index in [1.165, 1.54) is 5.06 Å². The van der Waals surface area contributed by atoms with Gasteiger partial charge in [-0.3, -0.25) is 4.79 Å². The largest absolute Gasteiger partial charge is 0.350 e. The van der Waals surface area contributed by atoms with Gasteiger partial charge >= 0.3 is 0 Å². The molecule has 18 heavy (non-hydrogen) atoms. The van der Waals surface area contributed by atoms with Crippen molar-refractivity contribution in [1.82, 2.24) is 5.06 Å². The Hall–Kier alpha value is -0.610. The van der Waals surface area contributed by atoms with Gasteiger partial charge in [-0.25, -0.2) is 9.90 Å². The van der Waals surface area contributed by atoms with Gasteiger partial charge < -0.3 is 4.74 Å². The molecule has 1 rings (SSSR count). The Morgan fingerprint density at radius 1 is 1.33 bits per heavy atom. The van der Waals surface area contributed by atoms with Crippen LogP contribution in [0.2, 0.25) is 0 Å². The molecule has 0 radical (unpaired) electrons. The normalized spacial score (nSPS) is 23.7. The molecule has 1 saturated heterocycles. The molecule has 0 bridgehead atoms. The van der Waals surface area contributed by atoms with Crippen LogP contribution in [0.25, 0.3) is 0 Å². The molecule has 0 spiro atoms. The molecule has 1 amide bonds. The van der Waals surface area contributed by atoms with Crippen LogP contribution in [0.15, 0.2) is 0 Å². The zero-order valence-corrected chi connectivity index (χ0v) is 12.1. The van der Waals surface area contributed by atoms with Crippen LogP contribution in [0.5, 0.6) is 0 Å². The van der Waals surface area contributed by atoms with Crippen molar-refractivity contribution >= 4 is 6.41 Å². The average Bonchev–Trinajstić information content (AvgIpc) is 2.35. The number of nitrogens with zero attached hydrogens (tertiary/aromatic N) is 1. The third-order valence-corrected chi connectivity index (χ3v) is 3.55. The van der Waals surface area contributed by atoms with Gasteiger partial charge in [-0.05, 0) is 38.0 Å². The summed E-state index contributed by atoms with van der Waals surface area (Å²) in [5.74, 6) is 1.04. The average molecular weight is 257 g/mol. The number of ether oxygens (including phenoxy) is 1. The van der Waals surface area contributed by atoms with Crippen LogP contribution in [-0.4, -0.2) is 30.4 Å². The third-order valence-electron chi connectivity index (χ3n) is 3.55. The summed E-state index contributed by atoms with van der Waals surface area (Å²) in [6.45, 7) is 9.31. The molecule has 0 aromatic carbocycles. The van der Waals surface area contributed by atoms with Crippen LogP contribution in [-0.2, 0) is 14.4 Å². The minimum Gasteiger partial charge on any atom is -0.350 e. The van der Waals surface area contributed by atoms with E-state index in [1.807, 2.05) is 6.92 Å². The Bertz CT molecular complexity index is 239. The van der Waals surface area contributed by atoms with Crippen LogP contribution in [0.1, 0.15) is 53.4 Å². The van der Waals surface area contributed by atoms with Crippen molar-refractivity contribution in [3.8, 4) is 0 Å². The summed E-state index contributed by atoms with van der Waals surface area (Å²) >= 11 is 0. The van der Waals surface area contributed by atoms with E-state index in [2.05, 4.69) is 20.8 Å². The highest BCUT2D eigenvalue weighted by molar-refractivity contribution is 5.45. The summed E-state index contributed by atoms with van der Waals surface area (Å²) in [7, 11) is 0. The maximum atomic E-state index is 11.2. The molecule has 0 aromatic heterocycles. The maximum Gasteiger partial charge on any atom is 0.233 e. The van der Waals surface area contributed by atoms with E-state index in [1.54, 1.807) is 0 Å². The second kappa shape index (κ2) is 7.74. The van der Waals surface area contributed by atoms with Crippen LogP contribution in [0.4, 0.5) is 0 Å². The summed E-state index contributed by atoms with van der Waals surface area (Å²) in [4.78, 5) is 16.8. The molecular formula is C14H27NO3. The Morgan fingerprint density at radius 3 is 2.56 bits per heavy atom. The highest BCUT2D eigenvalue weighted by atomic mass is 16.8. The Morgan fingerprint density at radius 2 is 2.06 bits per heavy atom. The van der Waals surface area contributed by atoms with Crippen molar-refractivity contribution < 1.29 is 14.4 Å². The molecule has 1 fully saturated rings. The van der Waals surface area contributed by atoms with Gasteiger partial charge in [0.1, 0.15) is 0 Å². The van der Waals surface area contributed by atoms with E-state index in [0.29, 0.717) is 11.8 Å². The first kappa shape index (κ1) is 15.4. The van der Waals surface area contributed by atoms with Crippen molar-refractivity contribution in [1.29, 1.82) is 0 Å². The van der Waals surface area contributed by atoms with Gasteiger partial charge in [-0.2, -0.15) is 0 Å². The van der Waals surface area contributed by atoms with E-state index in [4.69, 9.17) is 9.57 Å². The lowest BCUT2D eigenvalue weighted by Gasteiger charge is -2.33. The molecule has 4 heteroatoms.